The number of amides is 1. The molecule has 2 aromatic carbocycles. The second-order valence-electron chi connectivity index (χ2n) is 5.25. The second-order valence-corrected chi connectivity index (χ2v) is 5.25. The molecule has 3 aromatic rings. The quantitative estimate of drug-likeness (QED) is 0.736. The van der Waals surface area contributed by atoms with Crippen molar-refractivity contribution in [3.05, 3.63) is 95.7 Å². The SMILES string of the molecule is N#Cc1ccc(C(=O)N(Cc2ccccc2)c2ccccn2)cc1. The third-order valence-electron chi connectivity index (χ3n) is 3.62. The Bertz CT molecular complexity index is 853. The van der Waals surface area contributed by atoms with Crippen molar-refractivity contribution in [1.29, 1.82) is 5.26 Å². The third-order valence-corrected chi connectivity index (χ3v) is 3.62. The van der Waals surface area contributed by atoms with Crippen molar-refractivity contribution in [3.63, 3.8) is 0 Å². The summed E-state index contributed by atoms with van der Waals surface area (Å²) in [6, 6.07) is 23.9. The molecule has 0 atom stereocenters. The van der Waals surface area contributed by atoms with E-state index in [0.717, 1.165) is 5.56 Å². The van der Waals surface area contributed by atoms with Crippen molar-refractivity contribution in [2.75, 3.05) is 4.90 Å². The first-order valence-electron chi connectivity index (χ1n) is 7.55. The van der Waals surface area contributed by atoms with Gasteiger partial charge in [0.05, 0.1) is 18.2 Å². The van der Waals surface area contributed by atoms with E-state index in [9.17, 15) is 4.79 Å². The second kappa shape index (κ2) is 7.21. The summed E-state index contributed by atoms with van der Waals surface area (Å²) in [5, 5.41) is 8.89. The Kier molecular flexibility index (Phi) is 4.64. The van der Waals surface area contributed by atoms with Gasteiger partial charge in [0.1, 0.15) is 5.82 Å². The van der Waals surface area contributed by atoms with Crippen molar-refractivity contribution >= 4 is 11.7 Å². The summed E-state index contributed by atoms with van der Waals surface area (Å²) in [6.07, 6.45) is 1.67. The summed E-state index contributed by atoms with van der Waals surface area (Å²) in [6.45, 7) is 0.427. The van der Waals surface area contributed by atoms with E-state index in [1.54, 1.807) is 35.4 Å². The summed E-state index contributed by atoms with van der Waals surface area (Å²) in [5.41, 5.74) is 2.07. The topological polar surface area (TPSA) is 57.0 Å². The highest BCUT2D eigenvalue weighted by molar-refractivity contribution is 6.05. The van der Waals surface area contributed by atoms with Crippen molar-refractivity contribution < 1.29 is 4.79 Å². The molecule has 0 fully saturated rings. The molecule has 1 aromatic heterocycles. The maximum atomic E-state index is 13.0. The summed E-state index contributed by atoms with van der Waals surface area (Å²) >= 11 is 0. The number of pyridine rings is 1. The van der Waals surface area contributed by atoms with Gasteiger partial charge in [-0.15, -0.1) is 0 Å². The van der Waals surface area contributed by atoms with Gasteiger partial charge in [-0.05, 0) is 42.0 Å². The first-order chi connectivity index (χ1) is 11.8. The maximum absolute atomic E-state index is 13.0. The van der Waals surface area contributed by atoms with E-state index < -0.39 is 0 Å². The van der Waals surface area contributed by atoms with Gasteiger partial charge in [0, 0.05) is 11.8 Å². The number of nitrogens with zero attached hydrogens (tertiary/aromatic N) is 3. The number of benzene rings is 2. The molecule has 4 heteroatoms. The summed E-state index contributed by atoms with van der Waals surface area (Å²) in [4.78, 5) is 18.9. The minimum Gasteiger partial charge on any atom is -0.288 e. The third kappa shape index (κ3) is 3.47. The van der Waals surface area contributed by atoms with E-state index in [-0.39, 0.29) is 5.91 Å². The number of rotatable bonds is 4. The molecule has 3 rings (SSSR count). The van der Waals surface area contributed by atoms with E-state index >= 15 is 0 Å². The number of nitriles is 1. The Morgan fingerprint density at radius 3 is 2.29 bits per heavy atom. The van der Waals surface area contributed by atoms with Gasteiger partial charge in [0.2, 0.25) is 0 Å². The van der Waals surface area contributed by atoms with Crippen LogP contribution in [-0.2, 0) is 6.54 Å². The number of aromatic nitrogens is 1. The van der Waals surface area contributed by atoms with Gasteiger partial charge in [0.15, 0.2) is 0 Å². The zero-order valence-electron chi connectivity index (χ0n) is 13.0. The van der Waals surface area contributed by atoms with Gasteiger partial charge < -0.3 is 0 Å². The molecule has 0 N–H and O–H groups in total. The lowest BCUT2D eigenvalue weighted by Crippen LogP contribution is -2.31. The molecule has 1 heterocycles. The minimum absolute atomic E-state index is 0.151. The summed E-state index contributed by atoms with van der Waals surface area (Å²) in [7, 11) is 0. The molecule has 116 valence electrons. The molecule has 0 saturated heterocycles. The fourth-order valence-corrected chi connectivity index (χ4v) is 2.38. The van der Waals surface area contributed by atoms with Gasteiger partial charge in [-0.1, -0.05) is 36.4 Å². The van der Waals surface area contributed by atoms with Crippen molar-refractivity contribution in [2.45, 2.75) is 6.54 Å². The van der Waals surface area contributed by atoms with Gasteiger partial charge >= 0.3 is 0 Å². The number of hydrogen-bond acceptors (Lipinski definition) is 3. The molecule has 0 spiro atoms. The van der Waals surface area contributed by atoms with Gasteiger partial charge in [0.25, 0.3) is 5.91 Å². The predicted molar refractivity (Wildman–Crippen MR) is 92.3 cm³/mol. The van der Waals surface area contributed by atoms with Crippen LogP contribution in [-0.4, -0.2) is 10.9 Å². The Balaban J connectivity index is 1.94. The van der Waals surface area contributed by atoms with Crippen LogP contribution >= 0.6 is 0 Å². The van der Waals surface area contributed by atoms with E-state index in [2.05, 4.69) is 11.1 Å². The number of carbonyl (C=O) groups excluding carboxylic acids is 1. The van der Waals surface area contributed by atoms with Crippen LogP contribution in [0.2, 0.25) is 0 Å². The highest BCUT2D eigenvalue weighted by atomic mass is 16.2. The molecule has 1 amide bonds. The molecule has 0 aliphatic carbocycles. The molecule has 0 aliphatic heterocycles. The van der Waals surface area contributed by atoms with Crippen LogP contribution in [0, 0.1) is 11.3 Å². The fourth-order valence-electron chi connectivity index (χ4n) is 2.38. The average molecular weight is 313 g/mol. The van der Waals surface area contributed by atoms with Crippen LogP contribution < -0.4 is 4.90 Å². The number of anilines is 1. The van der Waals surface area contributed by atoms with Crippen LogP contribution in [0.25, 0.3) is 0 Å². The lowest BCUT2D eigenvalue weighted by Gasteiger charge is -2.22. The Labute approximate surface area is 140 Å². The molecule has 0 bridgehead atoms. The largest absolute Gasteiger partial charge is 0.288 e. The normalized spacial score (nSPS) is 9.96. The molecule has 0 unspecified atom stereocenters. The highest BCUT2D eigenvalue weighted by Crippen LogP contribution is 2.18. The Morgan fingerprint density at radius 2 is 1.67 bits per heavy atom. The van der Waals surface area contributed by atoms with Crippen LogP contribution in [0.4, 0.5) is 5.82 Å². The van der Waals surface area contributed by atoms with Crippen LogP contribution in [0.3, 0.4) is 0 Å². The summed E-state index contributed by atoms with van der Waals surface area (Å²) in [5.74, 6) is 0.442. The Hall–Kier alpha value is -3.45. The van der Waals surface area contributed by atoms with Gasteiger partial charge in [-0.2, -0.15) is 5.26 Å². The molecule has 24 heavy (non-hydrogen) atoms. The lowest BCUT2D eigenvalue weighted by atomic mass is 10.1. The van der Waals surface area contributed by atoms with E-state index in [4.69, 9.17) is 5.26 Å². The predicted octanol–water partition coefficient (Wildman–Crippen LogP) is 3.80. The van der Waals surface area contributed by atoms with Gasteiger partial charge in [-0.25, -0.2) is 4.98 Å². The van der Waals surface area contributed by atoms with E-state index in [0.29, 0.717) is 23.5 Å². The zero-order valence-corrected chi connectivity index (χ0v) is 13.0. The van der Waals surface area contributed by atoms with E-state index in [1.165, 1.54) is 0 Å². The minimum atomic E-state index is -0.151. The highest BCUT2D eigenvalue weighted by Gasteiger charge is 2.19. The van der Waals surface area contributed by atoms with Gasteiger partial charge in [-0.3, -0.25) is 9.69 Å². The van der Waals surface area contributed by atoms with Crippen molar-refractivity contribution in [3.8, 4) is 6.07 Å². The van der Waals surface area contributed by atoms with Crippen LogP contribution in [0.1, 0.15) is 21.5 Å². The maximum Gasteiger partial charge on any atom is 0.259 e. The molecule has 0 aliphatic rings. The standard InChI is InChI=1S/C20H15N3O/c21-14-16-9-11-18(12-10-16)20(24)23(19-8-4-5-13-22-19)15-17-6-2-1-3-7-17/h1-13H,15H2. The molecular weight excluding hydrogens is 298 g/mol. The Morgan fingerprint density at radius 1 is 0.958 bits per heavy atom. The molecule has 4 nitrogen and oxygen atoms in total. The fraction of sp³-hybridized carbons (Fsp3) is 0.0500. The van der Waals surface area contributed by atoms with Crippen molar-refractivity contribution in [1.82, 2.24) is 4.98 Å². The molecule has 0 radical (unpaired) electrons. The first kappa shape index (κ1) is 15.4. The monoisotopic (exact) mass is 313 g/mol. The number of carbonyl (C=O) groups is 1. The van der Waals surface area contributed by atoms with Crippen molar-refractivity contribution in [2.24, 2.45) is 0 Å². The lowest BCUT2D eigenvalue weighted by molar-refractivity contribution is 0.0984. The molecule has 0 saturated carbocycles. The summed E-state index contributed by atoms with van der Waals surface area (Å²) < 4.78 is 0. The average Bonchev–Trinajstić information content (AvgIpc) is 2.67. The van der Waals surface area contributed by atoms with Crippen LogP contribution in [0.15, 0.2) is 79.0 Å². The smallest absolute Gasteiger partial charge is 0.259 e. The van der Waals surface area contributed by atoms with Crippen LogP contribution in [0.5, 0.6) is 0 Å². The number of hydrogen-bond donors (Lipinski definition) is 0. The molecular formula is C20H15N3O. The van der Waals surface area contributed by atoms with E-state index in [1.807, 2.05) is 48.5 Å². The zero-order chi connectivity index (χ0) is 16.8. The first-order valence-corrected chi connectivity index (χ1v) is 7.55.